The molecule has 5 rings (SSSR count). The first-order valence-corrected chi connectivity index (χ1v) is 15.9. The number of aliphatic hydroxyl groups is 1. The molecule has 2 aromatic rings. The predicted octanol–water partition coefficient (Wildman–Crippen LogP) is 4.02. The zero-order valence-corrected chi connectivity index (χ0v) is 23.0. The largest absolute Gasteiger partial charge is 0.441 e. The number of benzene rings is 2. The zero-order valence-electron chi connectivity index (χ0n) is 22.0. The Morgan fingerprint density at radius 1 is 1.21 bits per heavy atom. The maximum absolute atomic E-state index is 15.7. The van der Waals surface area contributed by atoms with Crippen molar-refractivity contribution in [3.05, 3.63) is 59.7 Å². The summed E-state index contributed by atoms with van der Waals surface area (Å²) in [4.78, 5) is 41.5. The van der Waals surface area contributed by atoms with Crippen LogP contribution in [0.1, 0.15) is 37.8 Å². The maximum Gasteiger partial charge on any atom is 0.304 e. The molecule has 3 heterocycles. The minimum absolute atomic E-state index is 0.0794. The highest BCUT2D eigenvalue weighted by Crippen LogP contribution is 2.60. The van der Waals surface area contributed by atoms with Gasteiger partial charge in [0.1, 0.15) is 0 Å². The fraction of sp³-hybridized carbons (Fsp3) is 0.464. The van der Waals surface area contributed by atoms with E-state index in [1.54, 1.807) is 36.2 Å². The van der Waals surface area contributed by atoms with E-state index in [0.29, 0.717) is 23.5 Å². The Kier molecular flexibility index (Phi) is 6.69. The summed E-state index contributed by atoms with van der Waals surface area (Å²) in [5.74, 6) is -1.49. The standard InChI is InChI=1S/C28H33FN2O6Si/c1-17-26(38(3,4)29)23(12-13-32)37-28(17)21-14-20(31-24(34)15-25(31)36-18(2)33)10-11-22(21)30(27(28)35)16-19-8-6-5-7-9-19/h5-11,14,17,23,25-26,32H,12-13,15-16H2,1-4H3/t17-,23+,25?,26-,28+/m1/s1. The van der Waals surface area contributed by atoms with E-state index in [1.807, 2.05) is 37.3 Å². The number of esters is 1. The molecule has 1 spiro atoms. The number of fused-ring (bicyclic) bond motifs is 2. The van der Waals surface area contributed by atoms with Crippen LogP contribution in [0, 0.1) is 5.92 Å². The van der Waals surface area contributed by atoms with Gasteiger partial charge in [0.2, 0.25) is 14.3 Å². The summed E-state index contributed by atoms with van der Waals surface area (Å²) in [5.41, 5.74) is 0.615. The molecule has 8 nitrogen and oxygen atoms in total. The van der Waals surface area contributed by atoms with Gasteiger partial charge in [0.25, 0.3) is 5.91 Å². The van der Waals surface area contributed by atoms with E-state index in [-0.39, 0.29) is 31.3 Å². The van der Waals surface area contributed by atoms with Crippen molar-refractivity contribution in [3.63, 3.8) is 0 Å². The van der Waals surface area contributed by atoms with E-state index >= 15 is 4.11 Å². The summed E-state index contributed by atoms with van der Waals surface area (Å²) < 4.78 is 27.6. The zero-order chi connectivity index (χ0) is 27.4. The lowest BCUT2D eigenvalue weighted by Gasteiger charge is -2.39. The van der Waals surface area contributed by atoms with Crippen molar-refractivity contribution in [3.8, 4) is 0 Å². The molecule has 202 valence electrons. The van der Waals surface area contributed by atoms with Crippen LogP contribution in [0.15, 0.2) is 48.5 Å². The second kappa shape index (κ2) is 9.59. The lowest BCUT2D eigenvalue weighted by Crippen LogP contribution is -2.55. The Morgan fingerprint density at radius 3 is 2.53 bits per heavy atom. The summed E-state index contributed by atoms with van der Waals surface area (Å²) in [6.07, 6.45) is -1.05. The number of nitrogens with zero attached hydrogens (tertiary/aromatic N) is 2. The lowest BCUT2D eigenvalue weighted by atomic mass is 9.82. The van der Waals surface area contributed by atoms with Gasteiger partial charge < -0.3 is 23.6 Å². The van der Waals surface area contributed by atoms with Crippen molar-refractivity contribution < 1.29 is 33.1 Å². The molecule has 10 heteroatoms. The molecule has 2 amide bonds. The maximum atomic E-state index is 15.7. The van der Waals surface area contributed by atoms with E-state index in [1.165, 1.54) is 11.8 Å². The molecule has 0 radical (unpaired) electrons. The summed E-state index contributed by atoms with van der Waals surface area (Å²) in [5, 5.41) is 9.75. The van der Waals surface area contributed by atoms with Gasteiger partial charge in [-0.25, -0.2) is 0 Å². The van der Waals surface area contributed by atoms with Crippen LogP contribution in [0.25, 0.3) is 0 Å². The van der Waals surface area contributed by atoms with Gasteiger partial charge in [-0.1, -0.05) is 37.3 Å². The fourth-order valence-electron chi connectivity index (χ4n) is 6.49. The highest BCUT2D eigenvalue weighted by molar-refractivity contribution is 6.72. The van der Waals surface area contributed by atoms with Crippen LogP contribution in [0.5, 0.6) is 0 Å². The Labute approximate surface area is 222 Å². The number of hydrogen-bond acceptors (Lipinski definition) is 6. The molecular formula is C28H33FN2O6Si. The molecule has 0 bridgehead atoms. The van der Waals surface area contributed by atoms with E-state index < -0.39 is 43.8 Å². The molecular weight excluding hydrogens is 507 g/mol. The predicted molar refractivity (Wildman–Crippen MR) is 141 cm³/mol. The summed E-state index contributed by atoms with van der Waals surface area (Å²) >= 11 is 0. The third-order valence-electron chi connectivity index (χ3n) is 8.03. The van der Waals surface area contributed by atoms with Crippen LogP contribution >= 0.6 is 0 Å². The first kappa shape index (κ1) is 26.5. The summed E-state index contributed by atoms with van der Waals surface area (Å²) in [7, 11) is -3.33. The van der Waals surface area contributed by atoms with Crippen LogP contribution in [0.2, 0.25) is 18.6 Å². The van der Waals surface area contributed by atoms with Gasteiger partial charge in [-0.15, -0.1) is 0 Å². The Morgan fingerprint density at radius 2 is 1.92 bits per heavy atom. The van der Waals surface area contributed by atoms with Gasteiger partial charge in [0.05, 0.1) is 24.8 Å². The number of amides is 2. The number of rotatable bonds is 7. The lowest BCUT2D eigenvalue weighted by molar-refractivity contribution is -0.153. The van der Waals surface area contributed by atoms with Crippen molar-refractivity contribution in [1.82, 2.24) is 0 Å². The van der Waals surface area contributed by atoms with Gasteiger partial charge in [0.15, 0.2) is 11.8 Å². The molecule has 0 aliphatic carbocycles. The number of anilines is 2. The van der Waals surface area contributed by atoms with Gasteiger partial charge >= 0.3 is 5.97 Å². The number of hydrogen-bond donors (Lipinski definition) is 1. The molecule has 0 saturated carbocycles. The molecule has 1 N–H and O–H groups in total. The average Bonchev–Trinajstić information content (AvgIpc) is 3.26. The SMILES string of the molecule is CC(=O)OC1CC(=O)N1c1ccc2c(c1)[C@]1(O[C@@H](CCO)[C@H]([Si](C)(C)F)[C@H]1C)C(=O)N2Cc1ccccc1. The number of carbonyl (C=O) groups is 3. The molecule has 0 aromatic heterocycles. The molecule has 3 aliphatic heterocycles. The Bertz CT molecular complexity index is 1270. The highest BCUT2D eigenvalue weighted by Gasteiger charge is 2.66. The third-order valence-corrected chi connectivity index (χ3v) is 10.5. The van der Waals surface area contributed by atoms with E-state index in [4.69, 9.17) is 9.47 Å². The van der Waals surface area contributed by atoms with Gasteiger partial charge in [0, 0.05) is 36.2 Å². The van der Waals surface area contributed by atoms with Crippen LogP contribution < -0.4 is 9.80 Å². The number of carbonyl (C=O) groups excluding carboxylic acids is 3. The number of β-lactam (4-membered cyclic amide) rings is 1. The van der Waals surface area contributed by atoms with Crippen molar-refractivity contribution in [2.24, 2.45) is 5.92 Å². The molecule has 2 fully saturated rings. The van der Waals surface area contributed by atoms with Gasteiger partial charge in [-0.05, 0) is 43.3 Å². The van der Waals surface area contributed by atoms with E-state index in [9.17, 15) is 19.5 Å². The Hall–Kier alpha value is -3.08. The number of aliphatic hydroxyl groups excluding tert-OH is 1. The quantitative estimate of drug-likeness (QED) is 0.247. The van der Waals surface area contributed by atoms with Gasteiger partial charge in [-0.3, -0.25) is 19.3 Å². The van der Waals surface area contributed by atoms with E-state index in [0.717, 1.165) is 5.56 Å². The molecule has 2 saturated heterocycles. The summed E-state index contributed by atoms with van der Waals surface area (Å²) in [6.45, 7) is 6.48. The first-order chi connectivity index (χ1) is 18.0. The molecule has 38 heavy (non-hydrogen) atoms. The Balaban J connectivity index is 1.63. The van der Waals surface area contributed by atoms with Crippen LogP contribution in [0.3, 0.4) is 0 Å². The topological polar surface area (TPSA) is 96.4 Å². The first-order valence-electron chi connectivity index (χ1n) is 13.0. The van der Waals surface area contributed by atoms with Crippen molar-refractivity contribution >= 4 is 37.6 Å². The highest BCUT2D eigenvalue weighted by atomic mass is 28.4. The van der Waals surface area contributed by atoms with E-state index in [2.05, 4.69) is 0 Å². The average molecular weight is 541 g/mol. The number of halogens is 1. The molecule has 3 aliphatic rings. The molecule has 1 unspecified atom stereocenters. The molecule has 2 aromatic carbocycles. The summed E-state index contributed by atoms with van der Waals surface area (Å²) in [6, 6.07) is 14.8. The van der Waals surface area contributed by atoms with Crippen LogP contribution in [-0.2, 0) is 36.0 Å². The smallest absolute Gasteiger partial charge is 0.304 e. The van der Waals surface area contributed by atoms with Gasteiger partial charge in [-0.2, -0.15) is 0 Å². The number of ether oxygens (including phenoxy) is 2. The normalized spacial score (nSPS) is 28.6. The minimum Gasteiger partial charge on any atom is -0.441 e. The van der Waals surface area contributed by atoms with Crippen LogP contribution in [0.4, 0.5) is 15.5 Å². The van der Waals surface area contributed by atoms with Crippen molar-refractivity contribution in [1.29, 1.82) is 0 Å². The fourth-order valence-corrected chi connectivity index (χ4v) is 9.03. The van der Waals surface area contributed by atoms with Crippen molar-refractivity contribution in [2.75, 3.05) is 16.4 Å². The monoisotopic (exact) mass is 540 g/mol. The minimum atomic E-state index is -3.33. The van der Waals surface area contributed by atoms with Crippen molar-refractivity contribution in [2.45, 2.75) is 69.8 Å². The van der Waals surface area contributed by atoms with Crippen LogP contribution in [-0.4, -0.2) is 50.2 Å². The second-order valence-corrected chi connectivity index (χ2v) is 14.7. The molecule has 5 atom stereocenters. The third kappa shape index (κ3) is 4.15. The second-order valence-electron chi connectivity index (χ2n) is 10.9.